The monoisotopic (exact) mass is 240 g/mol. The highest BCUT2D eigenvalue weighted by Crippen LogP contribution is 2.21. The predicted molar refractivity (Wildman–Crippen MR) is 69.7 cm³/mol. The lowest BCUT2D eigenvalue weighted by molar-refractivity contribution is 1.12. The summed E-state index contributed by atoms with van der Waals surface area (Å²) in [5.41, 5.74) is 3.20. The van der Waals surface area contributed by atoms with Crippen LogP contribution in [0.3, 0.4) is 0 Å². The minimum absolute atomic E-state index is 0.659. The number of nitrogens with zero attached hydrogens (tertiary/aromatic N) is 2. The molecule has 0 radical (unpaired) electrons. The first kappa shape index (κ1) is 11.7. The van der Waals surface area contributed by atoms with Gasteiger partial charge >= 0.3 is 0 Å². The Bertz CT molecular complexity index is 558. The Kier molecular flexibility index (Phi) is 3.79. The van der Waals surface area contributed by atoms with Gasteiger partial charge in [0.2, 0.25) is 0 Å². The number of pyridine rings is 1. The highest BCUT2D eigenvalue weighted by molar-refractivity contribution is 7.98. The molecule has 3 heteroatoms. The van der Waals surface area contributed by atoms with Crippen LogP contribution in [0, 0.1) is 18.3 Å². The van der Waals surface area contributed by atoms with Gasteiger partial charge in [0, 0.05) is 11.9 Å². The van der Waals surface area contributed by atoms with E-state index in [1.807, 2.05) is 6.07 Å². The lowest BCUT2D eigenvalue weighted by Crippen LogP contribution is -1.85. The third-order valence-electron chi connectivity index (χ3n) is 2.33. The van der Waals surface area contributed by atoms with Crippen LogP contribution < -0.4 is 0 Å². The lowest BCUT2D eigenvalue weighted by Gasteiger charge is -2.02. The molecule has 2 rings (SSSR count). The SMILES string of the molecule is Cc1cccc(CSc2cc(C#N)ccn2)c1. The van der Waals surface area contributed by atoms with E-state index in [9.17, 15) is 0 Å². The normalized spacial score (nSPS) is 9.88. The molecule has 0 spiro atoms. The van der Waals surface area contributed by atoms with Gasteiger partial charge in [-0.1, -0.05) is 29.8 Å². The van der Waals surface area contributed by atoms with Crippen molar-refractivity contribution in [2.24, 2.45) is 0 Å². The van der Waals surface area contributed by atoms with Gasteiger partial charge in [-0.05, 0) is 24.6 Å². The molecule has 2 nitrogen and oxygen atoms in total. The molecule has 1 heterocycles. The smallest absolute Gasteiger partial charge is 0.0993 e. The zero-order valence-electron chi connectivity index (χ0n) is 9.55. The molecule has 0 bridgehead atoms. The third-order valence-corrected chi connectivity index (χ3v) is 3.33. The lowest BCUT2D eigenvalue weighted by atomic mass is 10.2. The van der Waals surface area contributed by atoms with Crippen LogP contribution in [-0.2, 0) is 5.75 Å². The van der Waals surface area contributed by atoms with Gasteiger partial charge in [-0.25, -0.2) is 4.98 Å². The molecule has 0 atom stereocenters. The first-order valence-corrected chi connectivity index (χ1v) is 6.31. The zero-order valence-corrected chi connectivity index (χ0v) is 10.4. The molecule has 0 aliphatic carbocycles. The molecule has 0 amide bonds. The number of benzene rings is 1. The predicted octanol–water partition coefficient (Wildman–Crippen LogP) is 3.55. The minimum Gasteiger partial charge on any atom is -0.250 e. The second-order valence-corrected chi connectivity index (χ2v) is 4.77. The molecule has 0 aliphatic heterocycles. The van der Waals surface area contributed by atoms with E-state index >= 15 is 0 Å². The van der Waals surface area contributed by atoms with Crippen molar-refractivity contribution < 1.29 is 0 Å². The van der Waals surface area contributed by atoms with Gasteiger partial charge in [0.1, 0.15) is 0 Å². The molecule has 0 fully saturated rings. The van der Waals surface area contributed by atoms with Crippen molar-refractivity contribution in [2.75, 3.05) is 0 Å². The molecule has 0 unspecified atom stereocenters. The Labute approximate surface area is 105 Å². The summed E-state index contributed by atoms with van der Waals surface area (Å²) < 4.78 is 0. The maximum atomic E-state index is 8.80. The Morgan fingerprint density at radius 3 is 2.94 bits per heavy atom. The zero-order chi connectivity index (χ0) is 12.1. The Morgan fingerprint density at radius 1 is 1.29 bits per heavy atom. The fourth-order valence-corrected chi connectivity index (χ4v) is 2.36. The summed E-state index contributed by atoms with van der Waals surface area (Å²) in [6.07, 6.45) is 1.68. The molecule has 17 heavy (non-hydrogen) atoms. The second-order valence-electron chi connectivity index (χ2n) is 3.77. The van der Waals surface area contributed by atoms with Crippen LogP contribution in [0.2, 0.25) is 0 Å². The van der Waals surface area contributed by atoms with Crippen molar-refractivity contribution >= 4 is 11.8 Å². The molecule has 0 saturated heterocycles. The van der Waals surface area contributed by atoms with E-state index < -0.39 is 0 Å². The first-order chi connectivity index (χ1) is 8.28. The van der Waals surface area contributed by atoms with Gasteiger partial charge < -0.3 is 0 Å². The first-order valence-electron chi connectivity index (χ1n) is 5.32. The topological polar surface area (TPSA) is 36.7 Å². The third kappa shape index (κ3) is 3.33. The number of aryl methyl sites for hydroxylation is 1. The van der Waals surface area contributed by atoms with Crippen molar-refractivity contribution in [3.8, 4) is 6.07 Å². The largest absolute Gasteiger partial charge is 0.250 e. The summed E-state index contributed by atoms with van der Waals surface area (Å²) in [6, 6.07) is 14.1. The fourth-order valence-electron chi connectivity index (χ4n) is 1.52. The van der Waals surface area contributed by atoms with Gasteiger partial charge in [0.15, 0.2) is 0 Å². The Hall–Kier alpha value is -1.79. The Morgan fingerprint density at radius 2 is 2.18 bits per heavy atom. The van der Waals surface area contributed by atoms with Crippen molar-refractivity contribution in [3.63, 3.8) is 0 Å². The van der Waals surface area contributed by atoms with Gasteiger partial charge in [-0.2, -0.15) is 5.26 Å². The fraction of sp³-hybridized carbons (Fsp3) is 0.143. The average molecular weight is 240 g/mol. The number of thioether (sulfide) groups is 1. The molecule has 84 valence electrons. The van der Waals surface area contributed by atoms with Crippen molar-refractivity contribution in [3.05, 3.63) is 59.3 Å². The maximum Gasteiger partial charge on any atom is 0.0993 e. The number of hydrogen-bond acceptors (Lipinski definition) is 3. The molecular formula is C14H12N2S. The van der Waals surface area contributed by atoms with Crippen molar-refractivity contribution in [2.45, 2.75) is 17.7 Å². The summed E-state index contributed by atoms with van der Waals surface area (Å²) in [5.74, 6) is 0.879. The molecule has 0 saturated carbocycles. The van der Waals surface area contributed by atoms with E-state index in [4.69, 9.17) is 5.26 Å². The van der Waals surface area contributed by atoms with Crippen LogP contribution in [0.25, 0.3) is 0 Å². The van der Waals surface area contributed by atoms with Crippen molar-refractivity contribution in [1.29, 1.82) is 5.26 Å². The van der Waals surface area contributed by atoms with Gasteiger partial charge in [-0.3, -0.25) is 0 Å². The van der Waals surface area contributed by atoms with Gasteiger partial charge in [0.25, 0.3) is 0 Å². The van der Waals surface area contributed by atoms with Crippen LogP contribution in [0.4, 0.5) is 0 Å². The van der Waals surface area contributed by atoms with Gasteiger partial charge in [-0.15, -0.1) is 11.8 Å². The van der Waals surface area contributed by atoms with E-state index in [1.165, 1.54) is 11.1 Å². The van der Waals surface area contributed by atoms with Crippen LogP contribution in [0.5, 0.6) is 0 Å². The van der Waals surface area contributed by atoms with Gasteiger partial charge in [0.05, 0.1) is 16.7 Å². The van der Waals surface area contributed by atoms with Crippen LogP contribution in [-0.4, -0.2) is 4.98 Å². The van der Waals surface area contributed by atoms with Crippen molar-refractivity contribution in [1.82, 2.24) is 4.98 Å². The summed E-state index contributed by atoms with van der Waals surface area (Å²) in [6.45, 7) is 2.09. The van der Waals surface area contributed by atoms with Crippen LogP contribution in [0.15, 0.2) is 47.6 Å². The highest BCUT2D eigenvalue weighted by atomic mass is 32.2. The summed E-state index contributed by atoms with van der Waals surface area (Å²) in [7, 11) is 0. The summed E-state index contributed by atoms with van der Waals surface area (Å²) in [4.78, 5) is 4.24. The molecule has 1 aromatic carbocycles. The maximum absolute atomic E-state index is 8.80. The Balaban J connectivity index is 2.05. The number of aromatic nitrogens is 1. The molecule has 0 aliphatic rings. The van der Waals surface area contributed by atoms with E-state index in [0.717, 1.165) is 10.8 Å². The summed E-state index contributed by atoms with van der Waals surface area (Å²) in [5, 5.41) is 9.69. The quantitative estimate of drug-likeness (QED) is 0.770. The number of hydrogen-bond donors (Lipinski definition) is 0. The highest BCUT2D eigenvalue weighted by Gasteiger charge is 1.99. The minimum atomic E-state index is 0.659. The van der Waals surface area contributed by atoms with E-state index in [1.54, 1.807) is 24.0 Å². The van der Waals surface area contributed by atoms with E-state index in [-0.39, 0.29) is 0 Å². The van der Waals surface area contributed by atoms with E-state index in [2.05, 4.69) is 42.2 Å². The van der Waals surface area contributed by atoms with Crippen LogP contribution in [0.1, 0.15) is 16.7 Å². The molecular weight excluding hydrogens is 228 g/mol. The second kappa shape index (κ2) is 5.51. The van der Waals surface area contributed by atoms with Crippen LogP contribution >= 0.6 is 11.8 Å². The molecule has 0 N–H and O–H groups in total. The number of nitriles is 1. The molecule has 2 aromatic rings. The molecule has 1 aromatic heterocycles. The van der Waals surface area contributed by atoms with E-state index in [0.29, 0.717) is 5.56 Å². The standard InChI is InChI=1S/C14H12N2S/c1-11-3-2-4-13(7-11)10-17-14-8-12(9-15)5-6-16-14/h2-8H,10H2,1H3. The average Bonchev–Trinajstić information content (AvgIpc) is 2.37. The number of rotatable bonds is 3. The summed E-state index contributed by atoms with van der Waals surface area (Å²) >= 11 is 1.65.